The Kier molecular flexibility index (Phi) is 6.37. The number of carbonyl (C=O) groups is 2. The molecule has 0 bridgehead atoms. The van der Waals surface area contributed by atoms with E-state index in [1.807, 2.05) is 0 Å². The molecule has 0 saturated carbocycles. The first kappa shape index (κ1) is 24.0. The van der Waals surface area contributed by atoms with E-state index in [4.69, 9.17) is 4.98 Å². The first-order valence-corrected chi connectivity index (χ1v) is 13.8. The summed E-state index contributed by atoms with van der Waals surface area (Å²) in [7, 11) is 2.17. The number of aromatic amines is 1. The van der Waals surface area contributed by atoms with E-state index in [0.717, 1.165) is 55.2 Å². The van der Waals surface area contributed by atoms with Crippen LogP contribution in [-0.4, -0.2) is 68.5 Å². The number of carbonyl (C=O) groups excluding carboxylic acids is 2. The van der Waals surface area contributed by atoms with Crippen molar-refractivity contribution in [2.24, 2.45) is 5.92 Å². The maximum absolute atomic E-state index is 13.5. The number of hydrogen-bond acceptors (Lipinski definition) is 7. The number of aromatic nitrogens is 4. The van der Waals surface area contributed by atoms with Gasteiger partial charge in [0.2, 0.25) is 0 Å². The molecule has 0 radical (unpaired) electrons. The Bertz CT molecular complexity index is 1460. The van der Waals surface area contributed by atoms with E-state index >= 15 is 0 Å². The molecule has 37 heavy (non-hydrogen) atoms. The molecule has 0 spiro atoms. The van der Waals surface area contributed by atoms with Crippen LogP contribution >= 0.6 is 11.3 Å². The lowest BCUT2D eigenvalue weighted by Crippen LogP contribution is -2.46. The smallest absolute Gasteiger partial charge is 0.314 e. The third-order valence-corrected chi connectivity index (χ3v) is 8.96. The number of H-pyrrole nitrogens is 1. The second-order valence-corrected chi connectivity index (χ2v) is 11.6. The standard InChI is InChI=1S/C27H31N7O2S/c1-16-3-5-22(18-4-6-23-20(11-18)31-26(37-23)17-7-9-33(2)10-8-17)34(15-16)27(36)25(35)30-21-14-28-12-19-13-29-32-24(19)21/h4,6,11-14,16-17,22H,3,5,7-10,15H2,1-2H3,(H,29,32)(H,30,35)/t16-,22?/m0/s1. The first-order valence-electron chi connectivity index (χ1n) is 12.9. The van der Waals surface area contributed by atoms with Gasteiger partial charge < -0.3 is 15.1 Å². The third kappa shape index (κ3) is 4.71. The van der Waals surface area contributed by atoms with Crippen LogP contribution in [-0.2, 0) is 9.59 Å². The van der Waals surface area contributed by atoms with Gasteiger partial charge in [0.25, 0.3) is 0 Å². The minimum Gasteiger partial charge on any atom is -0.327 e. The zero-order valence-electron chi connectivity index (χ0n) is 21.1. The van der Waals surface area contributed by atoms with Crippen molar-refractivity contribution in [3.63, 3.8) is 0 Å². The van der Waals surface area contributed by atoms with E-state index in [9.17, 15) is 9.59 Å². The Morgan fingerprint density at radius 3 is 2.78 bits per heavy atom. The van der Waals surface area contributed by atoms with Crippen LogP contribution in [0, 0.1) is 5.92 Å². The summed E-state index contributed by atoms with van der Waals surface area (Å²) in [5.41, 5.74) is 3.12. The van der Waals surface area contributed by atoms with Crippen LogP contribution in [0.15, 0.2) is 36.8 Å². The fraction of sp³-hybridized carbons (Fsp3) is 0.444. The summed E-state index contributed by atoms with van der Waals surface area (Å²) < 4.78 is 1.18. The highest BCUT2D eigenvalue weighted by Crippen LogP contribution is 2.38. The number of rotatable bonds is 3. The minimum atomic E-state index is -0.665. The number of anilines is 1. The van der Waals surface area contributed by atoms with Gasteiger partial charge in [-0.1, -0.05) is 13.0 Å². The quantitative estimate of drug-likeness (QED) is 0.392. The molecule has 192 valence electrons. The van der Waals surface area contributed by atoms with Crippen molar-refractivity contribution >= 4 is 50.0 Å². The highest BCUT2D eigenvalue weighted by atomic mass is 32.1. The number of amides is 2. The molecule has 2 amide bonds. The Balaban J connectivity index is 1.24. The molecule has 1 aromatic carbocycles. The maximum Gasteiger partial charge on any atom is 0.314 e. The van der Waals surface area contributed by atoms with Crippen LogP contribution in [0.4, 0.5) is 5.69 Å². The van der Waals surface area contributed by atoms with Crippen LogP contribution in [0.2, 0.25) is 0 Å². The van der Waals surface area contributed by atoms with E-state index < -0.39 is 11.8 Å². The zero-order valence-corrected chi connectivity index (χ0v) is 21.9. The van der Waals surface area contributed by atoms with E-state index in [-0.39, 0.29) is 6.04 Å². The van der Waals surface area contributed by atoms with Crippen molar-refractivity contribution in [3.8, 4) is 0 Å². The summed E-state index contributed by atoms with van der Waals surface area (Å²) in [5, 5.41) is 11.6. The van der Waals surface area contributed by atoms with Gasteiger partial charge in [0, 0.05) is 24.0 Å². The predicted molar refractivity (Wildman–Crippen MR) is 144 cm³/mol. The molecule has 2 atom stereocenters. The SMILES string of the molecule is C[C@H]1CCC(c2ccc3sc(C4CCN(C)CC4)nc3c2)N(C(=O)C(=O)Nc2cncc3cn[nH]c23)C1. The second-order valence-electron chi connectivity index (χ2n) is 10.5. The maximum atomic E-state index is 13.5. The lowest BCUT2D eigenvalue weighted by molar-refractivity contribution is -0.146. The number of likely N-dealkylation sites (tertiary alicyclic amines) is 2. The lowest BCUT2D eigenvalue weighted by Gasteiger charge is -2.38. The molecular formula is C27H31N7O2S. The van der Waals surface area contributed by atoms with E-state index in [1.165, 1.54) is 15.9 Å². The number of nitrogens with zero attached hydrogens (tertiary/aromatic N) is 5. The van der Waals surface area contributed by atoms with Crippen molar-refractivity contribution < 1.29 is 9.59 Å². The number of hydrogen-bond donors (Lipinski definition) is 2. The van der Waals surface area contributed by atoms with Crippen LogP contribution in [0.25, 0.3) is 21.1 Å². The highest BCUT2D eigenvalue weighted by molar-refractivity contribution is 7.18. The predicted octanol–water partition coefficient (Wildman–Crippen LogP) is 4.32. The molecule has 1 unspecified atom stereocenters. The molecule has 10 heteroatoms. The molecular weight excluding hydrogens is 486 g/mol. The molecule has 2 fully saturated rings. The van der Waals surface area contributed by atoms with Crippen molar-refractivity contribution in [3.05, 3.63) is 47.4 Å². The fourth-order valence-electron chi connectivity index (χ4n) is 5.59. The van der Waals surface area contributed by atoms with E-state index in [2.05, 4.69) is 57.6 Å². The van der Waals surface area contributed by atoms with Crippen molar-refractivity contribution in [1.29, 1.82) is 0 Å². The first-order chi connectivity index (χ1) is 18.0. The van der Waals surface area contributed by atoms with Crippen LogP contribution in [0.5, 0.6) is 0 Å². The summed E-state index contributed by atoms with van der Waals surface area (Å²) in [6.07, 6.45) is 8.92. The molecule has 2 aliphatic rings. The van der Waals surface area contributed by atoms with Gasteiger partial charge >= 0.3 is 11.8 Å². The van der Waals surface area contributed by atoms with Gasteiger partial charge in [0.1, 0.15) is 0 Å². The molecule has 3 aromatic heterocycles. The summed E-state index contributed by atoms with van der Waals surface area (Å²) in [6.45, 7) is 4.88. The Labute approximate surface area is 219 Å². The summed E-state index contributed by atoms with van der Waals surface area (Å²) in [4.78, 5) is 39.8. The number of benzene rings is 1. The summed E-state index contributed by atoms with van der Waals surface area (Å²) >= 11 is 1.79. The molecule has 5 heterocycles. The second kappa shape index (κ2) is 9.83. The monoisotopic (exact) mass is 517 g/mol. The van der Waals surface area contributed by atoms with Gasteiger partial charge in [-0.2, -0.15) is 5.10 Å². The lowest BCUT2D eigenvalue weighted by atomic mass is 9.89. The topological polar surface area (TPSA) is 107 Å². The van der Waals surface area contributed by atoms with Crippen LogP contribution in [0.1, 0.15) is 55.1 Å². The van der Waals surface area contributed by atoms with Crippen molar-refractivity contribution in [1.82, 2.24) is 30.0 Å². The van der Waals surface area contributed by atoms with Gasteiger partial charge in [-0.15, -0.1) is 11.3 Å². The van der Waals surface area contributed by atoms with Gasteiger partial charge in [0.05, 0.1) is 44.9 Å². The summed E-state index contributed by atoms with van der Waals surface area (Å²) in [6, 6.07) is 6.20. The number of thiazole rings is 1. The van der Waals surface area contributed by atoms with E-state index in [0.29, 0.717) is 29.6 Å². The van der Waals surface area contributed by atoms with Crippen molar-refractivity contribution in [2.75, 3.05) is 32.0 Å². The molecule has 9 nitrogen and oxygen atoms in total. The number of fused-ring (bicyclic) bond motifs is 2. The number of nitrogens with one attached hydrogen (secondary N) is 2. The Morgan fingerprint density at radius 2 is 1.95 bits per heavy atom. The van der Waals surface area contributed by atoms with Gasteiger partial charge in [-0.3, -0.25) is 19.7 Å². The molecule has 2 aliphatic heterocycles. The number of piperidine rings is 2. The van der Waals surface area contributed by atoms with Crippen LogP contribution in [0.3, 0.4) is 0 Å². The average Bonchev–Trinajstić information content (AvgIpc) is 3.56. The summed E-state index contributed by atoms with van der Waals surface area (Å²) in [5.74, 6) is -0.353. The normalized spacial score (nSPS) is 21.5. The molecule has 2 N–H and O–H groups in total. The Morgan fingerprint density at radius 1 is 1.11 bits per heavy atom. The molecule has 2 saturated heterocycles. The number of pyridine rings is 1. The molecule has 4 aromatic rings. The van der Waals surface area contributed by atoms with E-state index in [1.54, 1.807) is 28.6 Å². The zero-order chi connectivity index (χ0) is 25.5. The van der Waals surface area contributed by atoms with Crippen molar-refractivity contribution in [2.45, 2.75) is 44.6 Å². The highest BCUT2D eigenvalue weighted by Gasteiger charge is 2.35. The third-order valence-electron chi connectivity index (χ3n) is 7.76. The largest absolute Gasteiger partial charge is 0.327 e. The minimum absolute atomic E-state index is 0.159. The Hall–Kier alpha value is -3.37. The fourth-order valence-corrected chi connectivity index (χ4v) is 6.71. The van der Waals surface area contributed by atoms with Gasteiger partial charge in [-0.25, -0.2) is 4.98 Å². The van der Waals surface area contributed by atoms with Gasteiger partial charge in [-0.05, 0) is 69.4 Å². The molecule has 6 rings (SSSR count). The molecule has 0 aliphatic carbocycles. The van der Waals surface area contributed by atoms with Gasteiger partial charge in [0.15, 0.2) is 0 Å². The average molecular weight is 518 g/mol. The van der Waals surface area contributed by atoms with Crippen LogP contribution < -0.4 is 5.32 Å².